The predicted molar refractivity (Wildman–Crippen MR) is 80.0 cm³/mol. The van der Waals surface area contributed by atoms with Crippen LogP contribution < -0.4 is 5.32 Å². The first-order chi connectivity index (χ1) is 9.55. The third-order valence-electron chi connectivity index (χ3n) is 4.50. The van der Waals surface area contributed by atoms with E-state index in [1.165, 1.54) is 5.56 Å². The van der Waals surface area contributed by atoms with Gasteiger partial charge in [-0.15, -0.1) is 0 Å². The molecule has 1 saturated heterocycles. The Labute approximate surface area is 120 Å². The number of carbonyl (C=O) groups is 1. The zero-order chi connectivity index (χ0) is 14.6. The van der Waals surface area contributed by atoms with Gasteiger partial charge >= 0.3 is 5.97 Å². The third kappa shape index (κ3) is 3.38. The molecule has 1 aromatic rings. The fourth-order valence-corrected chi connectivity index (χ4v) is 2.75. The van der Waals surface area contributed by atoms with Gasteiger partial charge in [0.1, 0.15) is 5.54 Å². The van der Waals surface area contributed by atoms with E-state index in [1.807, 2.05) is 6.07 Å². The SMILES string of the molecule is CNC(C)(CCN1CCC(c2ccccc2)C1)C(=O)O. The maximum atomic E-state index is 11.3. The van der Waals surface area contributed by atoms with Crippen LogP contribution in [0.15, 0.2) is 30.3 Å². The fourth-order valence-electron chi connectivity index (χ4n) is 2.75. The van der Waals surface area contributed by atoms with E-state index < -0.39 is 11.5 Å². The van der Waals surface area contributed by atoms with E-state index in [1.54, 1.807) is 14.0 Å². The lowest BCUT2D eigenvalue weighted by Crippen LogP contribution is -2.49. The number of nitrogens with zero attached hydrogens (tertiary/aromatic N) is 1. The lowest BCUT2D eigenvalue weighted by molar-refractivity contribution is -0.144. The summed E-state index contributed by atoms with van der Waals surface area (Å²) in [6.45, 7) is 4.66. The van der Waals surface area contributed by atoms with E-state index in [9.17, 15) is 9.90 Å². The molecule has 1 aliphatic rings. The van der Waals surface area contributed by atoms with Crippen molar-refractivity contribution >= 4 is 5.97 Å². The minimum atomic E-state index is -0.829. The molecule has 0 amide bonds. The Hall–Kier alpha value is -1.39. The van der Waals surface area contributed by atoms with Crippen LogP contribution in [0.2, 0.25) is 0 Å². The Kier molecular flexibility index (Phi) is 4.78. The number of hydrogen-bond donors (Lipinski definition) is 2. The standard InChI is InChI=1S/C16H24N2O2/c1-16(17-2,15(19)20)9-11-18-10-8-14(12-18)13-6-4-3-5-7-13/h3-7,14,17H,8-12H2,1-2H3,(H,19,20). The summed E-state index contributed by atoms with van der Waals surface area (Å²) in [6.07, 6.45) is 1.79. The van der Waals surface area contributed by atoms with Crippen LogP contribution in [0, 0.1) is 0 Å². The highest BCUT2D eigenvalue weighted by atomic mass is 16.4. The Bertz CT molecular complexity index is 449. The first-order valence-corrected chi connectivity index (χ1v) is 7.25. The van der Waals surface area contributed by atoms with Crippen molar-refractivity contribution in [1.82, 2.24) is 10.2 Å². The number of likely N-dealkylation sites (tertiary alicyclic amines) is 1. The average molecular weight is 276 g/mol. The van der Waals surface area contributed by atoms with Crippen LogP contribution >= 0.6 is 0 Å². The summed E-state index contributed by atoms with van der Waals surface area (Å²) in [4.78, 5) is 13.6. The number of benzene rings is 1. The quantitative estimate of drug-likeness (QED) is 0.833. The molecular weight excluding hydrogens is 252 g/mol. The molecule has 2 N–H and O–H groups in total. The molecule has 0 aromatic heterocycles. The van der Waals surface area contributed by atoms with Crippen LogP contribution in [-0.4, -0.2) is 48.2 Å². The van der Waals surface area contributed by atoms with Crippen LogP contribution in [-0.2, 0) is 4.79 Å². The smallest absolute Gasteiger partial charge is 0.323 e. The van der Waals surface area contributed by atoms with Crippen LogP contribution in [0.25, 0.3) is 0 Å². The first kappa shape index (κ1) is 15.0. The minimum Gasteiger partial charge on any atom is -0.480 e. The Balaban J connectivity index is 1.86. The monoisotopic (exact) mass is 276 g/mol. The van der Waals surface area contributed by atoms with Gasteiger partial charge in [0.15, 0.2) is 0 Å². The molecular formula is C16H24N2O2. The molecule has 0 bridgehead atoms. The average Bonchev–Trinajstić information content (AvgIpc) is 2.94. The second-order valence-corrected chi connectivity index (χ2v) is 5.83. The van der Waals surface area contributed by atoms with E-state index in [4.69, 9.17) is 0 Å². The van der Waals surface area contributed by atoms with Gasteiger partial charge in [-0.1, -0.05) is 30.3 Å². The highest BCUT2D eigenvalue weighted by molar-refractivity contribution is 5.78. The molecule has 0 saturated carbocycles. The minimum absolute atomic E-state index is 0.585. The van der Waals surface area contributed by atoms with E-state index in [0.29, 0.717) is 12.3 Å². The lowest BCUT2D eigenvalue weighted by Gasteiger charge is -2.27. The summed E-state index contributed by atoms with van der Waals surface area (Å²) in [7, 11) is 1.71. The highest BCUT2D eigenvalue weighted by Crippen LogP contribution is 2.27. The van der Waals surface area contributed by atoms with Gasteiger partial charge < -0.3 is 15.3 Å². The lowest BCUT2D eigenvalue weighted by atomic mass is 9.97. The molecule has 2 unspecified atom stereocenters. The van der Waals surface area contributed by atoms with E-state index >= 15 is 0 Å². The molecule has 0 radical (unpaired) electrons. The molecule has 1 heterocycles. The molecule has 110 valence electrons. The van der Waals surface area contributed by atoms with Gasteiger partial charge in [0.2, 0.25) is 0 Å². The maximum absolute atomic E-state index is 11.3. The van der Waals surface area contributed by atoms with E-state index in [-0.39, 0.29) is 0 Å². The molecule has 2 rings (SSSR count). The normalized spacial score (nSPS) is 22.6. The number of likely N-dealkylation sites (N-methyl/N-ethyl adjacent to an activating group) is 1. The van der Waals surface area contributed by atoms with Crippen LogP contribution in [0.1, 0.15) is 31.2 Å². The Morgan fingerprint density at radius 3 is 2.75 bits per heavy atom. The number of nitrogens with one attached hydrogen (secondary N) is 1. The van der Waals surface area contributed by atoms with Gasteiger partial charge in [0, 0.05) is 13.1 Å². The molecule has 0 spiro atoms. The van der Waals surface area contributed by atoms with Crippen molar-refractivity contribution in [3.63, 3.8) is 0 Å². The van der Waals surface area contributed by atoms with Gasteiger partial charge in [-0.05, 0) is 44.8 Å². The molecule has 2 atom stereocenters. The molecule has 20 heavy (non-hydrogen) atoms. The number of rotatable bonds is 6. The number of hydrogen-bond acceptors (Lipinski definition) is 3. The predicted octanol–water partition coefficient (Wildman–Crippen LogP) is 1.93. The summed E-state index contributed by atoms with van der Waals surface area (Å²) in [5.41, 5.74) is 0.565. The number of aliphatic carboxylic acids is 1. The third-order valence-corrected chi connectivity index (χ3v) is 4.50. The van der Waals surface area contributed by atoms with Gasteiger partial charge in [0.05, 0.1) is 0 Å². The molecule has 1 fully saturated rings. The first-order valence-electron chi connectivity index (χ1n) is 7.25. The van der Waals surface area contributed by atoms with Gasteiger partial charge in [0.25, 0.3) is 0 Å². The van der Waals surface area contributed by atoms with Crippen molar-refractivity contribution in [3.8, 4) is 0 Å². The summed E-state index contributed by atoms with van der Waals surface area (Å²) < 4.78 is 0. The van der Waals surface area contributed by atoms with Crippen molar-refractivity contribution in [2.75, 3.05) is 26.7 Å². The summed E-state index contributed by atoms with van der Waals surface area (Å²) in [5, 5.41) is 12.2. The summed E-state index contributed by atoms with van der Waals surface area (Å²) in [5.74, 6) is -0.194. The van der Waals surface area contributed by atoms with Crippen LogP contribution in [0.4, 0.5) is 0 Å². The number of carboxylic acids is 1. The zero-order valence-electron chi connectivity index (χ0n) is 12.3. The second kappa shape index (κ2) is 6.37. The topological polar surface area (TPSA) is 52.6 Å². The summed E-state index contributed by atoms with van der Waals surface area (Å²) >= 11 is 0. The largest absolute Gasteiger partial charge is 0.480 e. The zero-order valence-corrected chi connectivity index (χ0v) is 12.3. The van der Waals surface area contributed by atoms with E-state index in [0.717, 1.165) is 26.1 Å². The van der Waals surface area contributed by atoms with Crippen molar-refractivity contribution < 1.29 is 9.90 Å². The number of carboxylic acid groups (broad SMARTS) is 1. The maximum Gasteiger partial charge on any atom is 0.323 e. The Morgan fingerprint density at radius 2 is 2.15 bits per heavy atom. The van der Waals surface area contributed by atoms with Crippen LogP contribution in [0.5, 0.6) is 0 Å². The molecule has 1 aliphatic heterocycles. The van der Waals surface area contributed by atoms with Gasteiger partial charge in [-0.25, -0.2) is 0 Å². The summed E-state index contributed by atoms with van der Waals surface area (Å²) in [6, 6.07) is 10.6. The fraction of sp³-hybridized carbons (Fsp3) is 0.562. The van der Waals surface area contributed by atoms with Gasteiger partial charge in [-0.2, -0.15) is 0 Å². The van der Waals surface area contributed by atoms with Crippen molar-refractivity contribution in [1.29, 1.82) is 0 Å². The molecule has 4 heteroatoms. The molecule has 0 aliphatic carbocycles. The van der Waals surface area contributed by atoms with Crippen LogP contribution in [0.3, 0.4) is 0 Å². The van der Waals surface area contributed by atoms with Crippen molar-refractivity contribution in [2.45, 2.75) is 31.2 Å². The van der Waals surface area contributed by atoms with Gasteiger partial charge in [-0.3, -0.25) is 4.79 Å². The molecule has 1 aromatic carbocycles. The Morgan fingerprint density at radius 1 is 1.45 bits per heavy atom. The van der Waals surface area contributed by atoms with E-state index in [2.05, 4.69) is 34.5 Å². The van der Waals surface area contributed by atoms with Crippen molar-refractivity contribution in [2.24, 2.45) is 0 Å². The molecule has 4 nitrogen and oxygen atoms in total. The second-order valence-electron chi connectivity index (χ2n) is 5.83. The highest BCUT2D eigenvalue weighted by Gasteiger charge is 2.32. The van der Waals surface area contributed by atoms with Crippen molar-refractivity contribution in [3.05, 3.63) is 35.9 Å².